The minimum Gasteiger partial charge on any atom is -0.507 e. The van der Waals surface area contributed by atoms with Crippen LogP contribution in [0, 0.1) is 63.2 Å². The van der Waals surface area contributed by atoms with E-state index in [1.54, 1.807) is 0 Å². The smallest absolute Gasteiger partial charge is 0.127 e. The lowest BCUT2D eigenvalue weighted by atomic mass is 9.81. The molecule has 354 valence electrons. The molecule has 0 saturated carbocycles. The Bertz CT molecular complexity index is 1560. The average Bonchev–Trinajstić information content (AvgIpc) is 3.20. The van der Waals surface area contributed by atoms with Crippen molar-refractivity contribution in [2.75, 3.05) is 0 Å². The van der Waals surface area contributed by atoms with E-state index in [9.17, 15) is 10.2 Å². The topological polar surface area (TPSA) is 58.9 Å². The van der Waals surface area contributed by atoms with E-state index in [2.05, 4.69) is 83.1 Å². The van der Waals surface area contributed by atoms with Gasteiger partial charge in [0.15, 0.2) is 0 Å². The van der Waals surface area contributed by atoms with Gasteiger partial charge in [0, 0.05) is 22.3 Å². The summed E-state index contributed by atoms with van der Waals surface area (Å²) < 4.78 is 14.0. The first kappa shape index (κ1) is 52.3. The van der Waals surface area contributed by atoms with Gasteiger partial charge in [-0.25, -0.2) is 0 Å². The molecule has 0 aromatic heterocycles. The molecular weight excluding hydrogens is 761 g/mol. The quantitative estimate of drug-likeness (QED) is 0.0940. The largest absolute Gasteiger partial charge is 0.507 e. The maximum atomic E-state index is 11.7. The van der Waals surface area contributed by atoms with Crippen LogP contribution in [0.1, 0.15) is 242 Å². The van der Waals surface area contributed by atoms with Crippen LogP contribution in [0.4, 0.5) is 0 Å². The van der Waals surface area contributed by atoms with Crippen molar-refractivity contribution in [1.29, 1.82) is 0 Å². The molecule has 0 unspecified atom stereocenters. The molecule has 6 atom stereocenters. The van der Waals surface area contributed by atoms with Crippen molar-refractivity contribution in [2.45, 2.75) is 262 Å². The van der Waals surface area contributed by atoms with E-state index in [4.69, 9.17) is 9.47 Å². The number of phenolic OH excluding ortho intramolecular Hbond substituents is 2. The number of aromatic hydroxyl groups is 2. The molecule has 0 bridgehead atoms. The molecule has 2 aliphatic heterocycles. The molecule has 0 spiro atoms. The highest BCUT2D eigenvalue weighted by atomic mass is 16.5. The van der Waals surface area contributed by atoms with Crippen LogP contribution in [0.5, 0.6) is 23.0 Å². The molecule has 4 rings (SSSR count). The number of fused-ring (bicyclic) bond motifs is 2. The van der Waals surface area contributed by atoms with Gasteiger partial charge in [-0.1, -0.05) is 145 Å². The summed E-state index contributed by atoms with van der Waals surface area (Å²) in [6, 6.07) is 0. The minimum absolute atomic E-state index is 0.193. The first-order valence-corrected chi connectivity index (χ1v) is 26.3. The Kier molecular flexibility index (Phi) is 20.4. The van der Waals surface area contributed by atoms with Crippen LogP contribution in [0.2, 0.25) is 0 Å². The Morgan fingerprint density at radius 3 is 1.03 bits per heavy atom. The van der Waals surface area contributed by atoms with Crippen molar-refractivity contribution in [3.05, 3.63) is 44.5 Å². The van der Waals surface area contributed by atoms with Gasteiger partial charge in [0.2, 0.25) is 0 Å². The van der Waals surface area contributed by atoms with Gasteiger partial charge in [-0.15, -0.1) is 0 Å². The lowest BCUT2D eigenvalue weighted by Gasteiger charge is -2.39. The molecule has 0 saturated heterocycles. The Labute approximate surface area is 383 Å². The molecule has 4 nitrogen and oxygen atoms in total. The molecule has 4 heteroatoms. The van der Waals surface area contributed by atoms with E-state index in [1.165, 1.54) is 114 Å². The van der Waals surface area contributed by atoms with Crippen molar-refractivity contribution in [3.63, 3.8) is 0 Å². The van der Waals surface area contributed by atoms with Gasteiger partial charge in [-0.05, 0) is 164 Å². The summed E-state index contributed by atoms with van der Waals surface area (Å²) in [6.45, 7) is 32.1. The van der Waals surface area contributed by atoms with Crippen LogP contribution in [-0.2, 0) is 25.7 Å². The summed E-state index contributed by atoms with van der Waals surface area (Å²) in [5.74, 6) is 7.65. The normalized spacial score (nSPS) is 20.7. The summed E-state index contributed by atoms with van der Waals surface area (Å²) in [4.78, 5) is 0. The van der Waals surface area contributed by atoms with Crippen LogP contribution in [-0.4, -0.2) is 21.4 Å². The maximum Gasteiger partial charge on any atom is 0.127 e. The van der Waals surface area contributed by atoms with Crippen molar-refractivity contribution in [3.8, 4) is 23.0 Å². The predicted octanol–water partition coefficient (Wildman–Crippen LogP) is 17.2. The van der Waals surface area contributed by atoms with E-state index < -0.39 is 0 Å². The summed E-state index contributed by atoms with van der Waals surface area (Å²) in [6.07, 6.45) is 28.4. The van der Waals surface area contributed by atoms with E-state index in [1.807, 2.05) is 13.8 Å². The molecule has 2 aromatic carbocycles. The number of ether oxygens (including phenoxy) is 2. The van der Waals surface area contributed by atoms with Gasteiger partial charge in [-0.2, -0.15) is 0 Å². The SMILES string of the molecule is Cc1c(C)c2c(c(CCc3c(O)c(C)c(C)c4c3CC[C@](C)(CCC[C@H](C)CCC[C@H](C)CCCC(C)C)O4)c1O)CC[C@](C)(CCC[C@H](C)CCC[C@H](C)CCCC(C)C)O2. The van der Waals surface area contributed by atoms with Crippen molar-refractivity contribution in [2.24, 2.45) is 35.5 Å². The molecule has 2 aliphatic rings. The lowest BCUT2D eigenvalue weighted by Crippen LogP contribution is -2.37. The first-order valence-electron chi connectivity index (χ1n) is 26.3. The van der Waals surface area contributed by atoms with Crippen molar-refractivity contribution >= 4 is 0 Å². The standard InChI is InChI=1S/C58H98O4/c1-39(2)21-15-23-41(5)25-17-27-43(7)29-19-35-57(13)37-33-51-49(53(59)45(9)47(11)55(51)61-57)31-32-50-52-34-38-58(14,62-56(52)48(12)46(10)54(50)60)36-20-30-44(8)28-18-26-42(6)24-16-22-40(3)4/h39-44,59-60H,15-38H2,1-14H3/t41-,42-,43-,44-,57+,58+/m1/s1. The molecule has 2 N–H and O–H groups in total. The van der Waals surface area contributed by atoms with Crippen LogP contribution in [0.25, 0.3) is 0 Å². The fraction of sp³-hybridized carbons (Fsp3) is 0.793. The minimum atomic E-state index is -0.193. The number of hydrogen-bond acceptors (Lipinski definition) is 4. The van der Waals surface area contributed by atoms with E-state index in [0.29, 0.717) is 24.3 Å². The Hall–Kier alpha value is -2.36. The number of rotatable bonds is 27. The van der Waals surface area contributed by atoms with Crippen LogP contribution < -0.4 is 9.47 Å². The monoisotopic (exact) mass is 859 g/mol. The molecule has 0 fully saturated rings. The Morgan fingerprint density at radius 1 is 0.435 bits per heavy atom. The summed E-state index contributed by atoms with van der Waals surface area (Å²) in [5, 5.41) is 23.4. The van der Waals surface area contributed by atoms with Gasteiger partial charge < -0.3 is 19.7 Å². The molecule has 0 aliphatic carbocycles. The fourth-order valence-corrected chi connectivity index (χ4v) is 11.1. The number of benzene rings is 2. The zero-order chi connectivity index (χ0) is 45.8. The van der Waals surface area contributed by atoms with Crippen LogP contribution in [0.3, 0.4) is 0 Å². The molecule has 2 heterocycles. The first-order chi connectivity index (χ1) is 29.2. The van der Waals surface area contributed by atoms with Crippen molar-refractivity contribution < 1.29 is 19.7 Å². The van der Waals surface area contributed by atoms with Gasteiger partial charge in [0.25, 0.3) is 0 Å². The third kappa shape index (κ3) is 15.1. The zero-order valence-electron chi connectivity index (χ0n) is 43.1. The zero-order valence-corrected chi connectivity index (χ0v) is 43.1. The highest BCUT2D eigenvalue weighted by Crippen LogP contribution is 2.48. The molecule has 0 radical (unpaired) electrons. The highest BCUT2D eigenvalue weighted by Gasteiger charge is 2.37. The fourth-order valence-electron chi connectivity index (χ4n) is 11.1. The number of hydrogen-bond donors (Lipinski definition) is 2. The second kappa shape index (κ2) is 24.2. The van der Waals surface area contributed by atoms with E-state index in [-0.39, 0.29) is 11.2 Å². The lowest BCUT2D eigenvalue weighted by molar-refractivity contribution is 0.0505. The highest BCUT2D eigenvalue weighted by molar-refractivity contribution is 5.61. The van der Waals surface area contributed by atoms with Crippen LogP contribution >= 0.6 is 0 Å². The average molecular weight is 859 g/mol. The molecule has 62 heavy (non-hydrogen) atoms. The second-order valence-electron chi connectivity index (χ2n) is 23.1. The van der Waals surface area contributed by atoms with Gasteiger partial charge in [-0.3, -0.25) is 0 Å². The second-order valence-corrected chi connectivity index (χ2v) is 23.1. The maximum absolute atomic E-state index is 11.7. The van der Waals surface area contributed by atoms with Crippen LogP contribution in [0.15, 0.2) is 0 Å². The number of phenols is 2. The summed E-state index contributed by atoms with van der Waals surface area (Å²) in [7, 11) is 0. The Balaban J connectivity index is 1.34. The van der Waals surface area contributed by atoms with E-state index >= 15 is 0 Å². The molecular formula is C58H98O4. The molecule has 0 amide bonds. The summed E-state index contributed by atoms with van der Waals surface area (Å²) in [5.41, 5.74) is 7.93. The van der Waals surface area contributed by atoms with E-state index in [0.717, 1.165) is 119 Å². The van der Waals surface area contributed by atoms with Crippen molar-refractivity contribution in [1.82, 2.24) is 0 Å². The van der Waals surface area contributed by atoms with Gasteiger partial charge in [0.1, 0.15) is 34.2 Å². The van der Waals surface area contributed by atoms with Gasteiger partial charge in [0.05, 0.1) is 0 Å². The predicted molar refractivity (Wildman–Crippen MR) is 267 cm³/mol. The van der Waals surface area contributed by atoms with Gasteiger partial charge >= 0.3 is 0 Å². The Morgan fingerprint density at radius 2 is 0.726 bits per heavy atom. The third-order valence-electron chi connectivity index (χ3n) is 16.0. The summed E-state index contributed by atoms with van der Waals surface area (Å²) >= 11 is 0. The molecule has 2 aromatic rings. The third-order valence-corrected chi connectivity index (χ3v) is 16.0.